The van der Waals surface area contributed by atoms with Gasteiger partial charge in [0, 0.05) is 29.9 Å². The van der Waals surface area contributed by atoms with Crippen molar-refractivity contribution in [2.24, 2.45) is 17.2 Å². The first-order valence-corrected chi connectivity index (χ1v) is 13.1. The van der Waals surface area contributed by atoms with Crippen molar-refractivity contribution in [1.82, 2.24) is 20.9 Å². The van der Waals surface area contributed by atoms with Crippen LogP contribution in [0.2, 0.25) is 0 Å². The number of hydrogen-bond acceptors (Lipinski definition) is 8. The zero-order valence-corrected chi connectivity index (χ0v) is 22.4. The highest BCUT2D eigenvalue weighted by atomic mass is 16.4. The molecular weight excluding hydrogens is 538 g/mol. The number of rotatable bonds is 18. The number of aromatic nitrogens is 1. The number of amides is 4. The topological polar surface area (TPSA) is 273 Å². The summed E-state index contributed by atoms with van der Waals surface area (Å²) in [6, 6.07) is 1.84. The number of H-pyrrole nitrogens is 1. The van der Waals surface area contributed by atoms with E-state index in [-0.39, 0.29) is 19.3 Å². The Morgan fingerprint density at radius 1 is 0.854 bits per heavy atom. The summed E-state index contributed by atoms with van der Waals surface area (Å²) in [5, 5.41) is 26.4. The van der Waals surface area contributed by atoms with Crippen molar-refractivity contribution >= 4 is 46.5 Å². The van der Waals surface area contributed by atoms with Gasteiger partial charge in [-0.25, -0.2) is 4.79 Å². The van der Waals surface area contributed by atoms with E-state index in [1.54, 1.807) is 18.3 Å². The zero-order chi connectivity index (χ0) is 30.5. The molecule has 0 spiro atoms. The number of aliphatic carboxylic acids is 2. The van der Waals surface area contributed by atoms with E-state index in [1.165, 1.54) is 0 Å². The first-order chi connectivity index (χ1) is 19.4. The van der Waals surface area contributed by atoms with Gasteiger partial charge in [-0.3, -0.25) is 24.0 Å². The summed E-state index contributed by atoms with van der Waals surface area (Å²) in [5.74, 6) is -6.01. The second kappa shape index (κ2) is 15.9. The molecule has 0 radical (unpaired) electrons. The molecule has 0 saturated carbocycles. The molecule has 0 bridgehead atoms. The minimum Gasteiger partial charge on any atom is -0.481 e. The van der Waals surface area contributed by atoms with Crippen LogP contribution in [0.15, 0.2) is 30.5 Å². The number of para-hydroxylation sites is 1. The Bertz CT molecular complexity index is 1250. The van der Waals surface area contributed by atoms with E-state index in [1.807, 2.05) is 12.1 Å². The molecular formula is C26H37N7O8. The largest absolute Gasteiger partial charge is 0.481 e. The van der Waals surface area contributed by atoms with E-state index in [9.17, 15) is 33.9 Å². The smallest absolute Gasteiger partial charge is 0.326 e. The number of carboxylic acid groups (broad SMARTS) is 2. The lowest BCUT2D eigenvalue weighted by Crippen LogP contribution is -2.58. The van der Waals surface area contributed by atoms with Crippen LogP contribution < -0.4 is 33.2 Å². The zero-order valence-electron chi connectivity index (χ0n) is 22.4. The normalized spacial score (nSPS) is 13.9. The van der Waals surface area contributed by atoms with Crippen LogP contribution in [-0.2, 0) is 35.2 Å². The molecule has 0 saturated heterocycles. The Balaban J connectivity index is 2.29. The molecule has 1 heterocycles. The van der Waals surface area contributed by atoms with Gasteiger partial charge in [-0.15, -0.1) is 0 Å². The fourth-order valence-corrected chi connectivity index (χ4v) is 4.12. The van der Waals surface area contributed by atoms with Crippen molar-refractivity contribution in [3.8, 4) is 0 Å². The van der Waals surface area contributed by atoms with Gasteiger partial charge in [0.15, 0.2) is 0 Å². The van der Waals surface area contributed by atoms with Gasteiger partial charge in [0.2, 0.25) is 23.6 Å². The molecule has 2 rings (SSSR count). The SMILES string of the molecule is NCCCCC(NC(=O)C(Cc1c[nH]c2ccccc12)NC(=O)C(CC(N)=O)NC(=O)C(N)CCC(=O)O)C(=O)O. The van der Waals surface area contributed by atoms with Crippen molar-refractivity contribution < 1.29 is 39.0 Å². The Morgan fingerprint density at radius 3 is 2.12 bits per heavy atom. The lowest BCUT2D eigenvalue weighted by Gasteiger charge is -2.25. The van der Waals surface area contributed by atoms with Gasteiger partial charge in [0.1, 0.15) is 18.1 Å². The highest BCUT2D eigenvalue weighted by Crippen LogP contribution is 2.19. The molecule has 15 heteroatoms. The Labute approximate surface area is 235 Å². The second-order valence-corrected chi connectivity index (χ2v) is 9.58. The molecule has 12 N–H and O–H groups in total. The van der Waals surface area contributed by atoms with Crippen molar-refractivity contribution in [2.75, 3.05) is 6.54 Å². The van der Waals surface area contributed by atoms with Gasteiger partial charge in [-0.1, -0.05) is 18.2 Å². The van der Waals surface area contributed by atoms with Crippen LogP contribution in [0.25, 0.3) is 10.9 Å². The van der Waals surface area contributed by atoms with E-state index in [0.717, 1.165) is 10.9 Å². The highest BCUT2D eigenvalue weighted by molar-refractivity contribution is 5.96. The maximum Gasteiger partial charge on any atom is 0.326 e. The highest BCUT2D eigenvalue weighted by Gasteiger charge is 2.31. The standard InChI is InChI=1S/C26H37N7O8/c27-10-4-3-7-18(26(40)41)31-24(38)19(11-14-13-30-17-6-2-1-5-15(14)17)33-25(39)20(12-21(29)34)32-23(37)16(28)8-9-22(35)36/h1-2,5-6,13,16,18-20,30H,3-4,7-12,27-28H2,(H2,29,34)(H,31,38)(H,32,37)(H,33,39)(H,35,36)(H,40,41). The monoisotopic (exact) mass is 575 g/mol. The van der Waals surface area contributed by atoms with Gasteiger partial charge in [0.25, 0.3) is 0 Å². The summed E-state index contributed by atoms with van der Waals surface area (Å²) in [7, 11) is 0. The van der Waals surface area contributed by atoms with E-state index in [0.29, 0.717) is 24.9 Å². The van der Waals surface area contributed by atoms with Crippen LogP contribution in [0.5, 0.6) is 0 Å². The van der Waals surface area contributed by atoms with Crippen LogP contribution >= 0.6 is 0 Å². The van der Waals surface area contributed by atoms with Crippen LogP contribution in [0.1, 0.15) is 44.1 Å². The molecule has 15 nitrogen and oxygen atoms in total. The number of benzene rings is 1. The predicted octanol–water partition coefficient (Wildman–Crippen LogP) is -1.55. The maximum atomic E-state index is 13.3. The van der Waals surface area contributed by atoms with Crippen LogP contribution in [0.3, 0.4) is 0 Å². The Kier molecular flexibility index (Phi) is 12.7. The number of hydrogen-bond donors (Lipinski definition) is 9. The lowest BCUT2D eigenvalue weighted by atomic mass is 10.0. The molecule has 41 heavy (non-hydrogen) atoms. The molecule has 0 aliphatic carbocycles. The first kappa shape index (κ1) is 32.7. The lowest BCUT2D eigenvalue weighted by molar-refractivity contribution is -0.142. The fourth-order valence-electron chi connectivity index (χ4n) is 4.12. The molecule has 224 valence electrons. The summed E-state index contributed by atoms with van der Waals surface area (Å²) >= 11 is 0. The summed E-state index contributed by atoms with van der Waals surface area (Å²) in [5.41, 5.74) is 17.9. The van der Waals surface area contributed by atoms with Crippen LogP contribution in [0.4, 0.5) is 0 Å². The Hall–Kier alpha value is -4.50. The van der Waals surface area contributed by atoms with Crippen LogP contribution in [-0.4, -0.2) is 81.5 Å². The summed E-state index contributed by atoms with van der Waals surface area (Å²) < 4.78 is 0. The number of carbonyl (C=O) groups is 6. The summed E-state index contributed by atoms with van der Waals surface area (Å²) in [6.45, 7) is 0.354. The van der Waals surface area contributed by atoms with Crippen molar-refractivity contribution in [1.29, 1.82) is 0 Å². The third kappa shape index (κ3) is 10.5. The number of carbonyl (C=O) groups excluding carboxylic acids is 4. The average Bonchev–Trinajstić information content (AvgIpc) is 3.32. The van der Waals surface area contributed by atoms with Crippen molar-refractivity contribution in [3.05, 3.63) is 36.0 Å². The molecule has 4 amide bonds. The van der Waals surface area contributed by atoms with Crippen molar-refractivity contribution in [2.45, 2.75) is 69.1 Å². The summed E-state index contributed by atoms with van der Waals surface area (Å²) in [6.07, 6.45) is 1.44. The fraction of sp³-hybridized carbons (Fsp3) is 0.462. The third-order valence-corrected chi connectivity index (χ3v) is 6.34. The first-order valence-electron chi connectivity index (χ1n) is 13.1. The van der Waals surface area contributed by atoms with E-state index >= 15 is 0 Å². The van der Waals surface area contributed by atoms with Gasteiger partial charge in [-0.05, 0) is 43.9 Å². The second-order valence-electron chi connectivity index (χ2n) is 9.58. The molecule has 4 atom stereocenters. The molecule has 0 aliphatic rings. The Morgan fingerprint density at radius 2 is 1.49 bits per heavy atom. The van der Waals surface area contributed by atoms with E-state index in [2.05, 4.69) is 20.9 Å². The number of aromatic amines is 1. The van der Waals surface area contributed by atoms with Gasteiger partial charge in [0.05, 0.1) is 12.5 Å². The number of nitrogens with two attached hydrogens (primary N) is 3. The molecule has 1 aromatic carbocycles. The third-order valence-electron chi connectivity index (χ3n) is 6.34. The summed E-state index contributed by atoms with van der Waals surface area (Å²) in [4.78, 5) is 76.4. The number of primary amides is 1. The van der Waals surface area contributed by atoms with Crippen molar-refractivity contribution in [3.63, 3.8) is 0 Å². The number of unbranched alkanes of at least 4 members (excludes halogenated alkanes) is 1. The van der Waals surface area contributed by atoms with Gasteiger partial charge >= 0.3 is 11.9 Å². The number of nitrogens with one attached hydrogen (secondary N) is 4. The maximum absolute atomic E-state index is 13.3. The van der Waals surface area contributed by atoms with Gasteiger partial charge < -0.3 is 48.3 Å². The minimum absolute atomic E-state index is 0.0634. The molecule has 2 aromatic rings. The van der Waals surface area contributed by atoms with E-state index < -0.39 is 72.6 Å². The van der Waals surface area contributed by atoms with Crippen LogP contribution in [0, 0.1) is 0 Å². The number of carboxylic acids is 2. The number of fused-ring (bicyclic) bond motifs is 1. The molecule has 1 aromatic heterocycles. The quantitative estimate of drug-likeness (QED) is 0.0922. The molecule has 4 unspecified atom stereocenters. The van der Waals surface area contributed by atoms with E-state index in [4.69, 9.17) is 22.3 Å². The van der Waals surface area contributed by atoms with Gasteiger partial charge in [-0.2, -0.15) is 0 Å². The molecule has 0 aliphatic heterocycles. The average molecular weight is 576 g/mol. The predicted molar refractivity (Wildman–Crippen MR) is 147 cm³/mol. The molecule has 0 fully saturated rings. The minimum atomic E-state index is -1.53.